The number of likely N-dealkylation sites (N-methyl/N-ethyl adjacent to an activating group) is 1. The van der Waals surface area contributed by atoms with Crippen LogP contribution in [0.3, 0.4) is 0 Å². The molecule has 0 aliphatic rings. The minimum atomic E-state index is 0.0138. The lowest BCUT2D eigenvalue weighted by molar-refractivity contribution is 0.0724. The highest BCUT2D eigenvalue weighted by Crippen LogP contribution is 2.22. The number of methoxy groups -OCH3 is 1. The molecule has 0 saturated carbocycles. The minimum absolute atomic E-state index is 0.0138. The van der Waals surface area contributed by atoms with E-state index in [1.54, 1.807) is 25.3 Å². The molecule has 0 radical (unpaired) electrons. The molecule has 5 heteroatoms. The second kappa shape index (κ2) is 7.88. The molecule has 0 fully saturated rings. The number of nitrogens with zero attached hydrogens (tertiary/aromatic N) is 2. The Bertz CT molecular complexity index is 473. The molecular weight excluding hydrogens is 266 g/mol. The Hall–Kier alpha value is -1.75. The van der Waals surface area contributed by atoms with Gasteiger partial charge in [-0.25, -0.2) is 0 Å². The fourth-order valence-corrected chi connectivity index (χ4v) is 2.09. The molecular formula is C16H27N3O2. The van der Waals surface area contributed by atoms with E-state index in [1.807, 2.05) is 19.0 Å². The van der Waals surface area contributed by atoms with Crippen LogP contribution in [0.2, 0.25) is 0 Å². The van der Waals surface area contributed by atoms with Crippen LogP contribution in [0.4, 0.5) is 5.69 Å². The molecule has 1 amide bonds. The van der Waals surface area contributed by atoms with Crippen LogP contribution in [0.25, 0.3) is 0 Å². The number of ether oxygens (including phenoxy) is 1. The summed E-state index contributed by atoms with van der Waals surface area (Å²) in [6.07, 6.45) is 0. The van der Waals surface area contributed by atoms with Gasteiger partial charge in [-0.05, 0) is 38.2 Å². The molecule has 0 bridgehead atoms. The van der Waals surface area contributed by atoms with Crippen molar-refractivity contribution in [1.82, 2.24) is 9.80 Å². The molecule has 0 aromatic heterocycles. The third-order valence-electron chi connectivity index (χ3n) is 3.17. The highest BCUT2D eigenvalue weighted by Gasteiger charge is 2.18. The average Bonchev–Trinajstić information content (AvgIpc) is 2.42. The zero-order valence-corrected chi connectivity index (χ0v) is 13.7. The van der Waals surface area contributed by atoms with E-state index in [-0.39, 0.29) is 5.91 Å². The van der Waals surface area contributed by atoms with Crippen molar-refractivity contribution in [1.29, 1.82) is 0 Å². The number of rotatable bonds is 7. The van der Waals surface area contributed by atoms with Gasteiger partial charge in [0.15, 0.2) is 0 Å². The summed E-state index contributed by atoms with van der Waals surface area (Å²) < 4.78 is 5.13. The molecule has 0 atom stereocenters. The number of hydrogen-bond acceptors (Lipinski definition) is 4. The third-order valence-corrected chi connectivity index (χ3v) is 3.17. The highest BCUT2D eigenvalue weighted by atomic mass is 16.5. The number of carbonyl (C=O) groups is 1. The van der Waals surface area contributed by atoms with Gasteiger partial charge >= 0.3 is 0 Å². The van der Waals surface area contributed by atoms with E-state index in [4.69, 9.17) is 10.5 Å². The van der Waals surface area contributed by atoms with Crippen molar-refractivity contribution < 1.29 is 9.53 Å². The first-order valence-corrected chi connectivity index (χ1v) is 7.22. The molecule has 2 N–H and O–H groups in total. The van der Waals surface area contributed by atoms with E-state index in [0.29, 0.717) is 29.5 Å². The molecule has 1 aromatic carbocycles. The van der Waals surface area contributed by atoms with Crippen LogP contribution in [0, 0.1) is 5.92 Å². The zero-order chi connectivity index (χ0) is 16.0. The van der Waals surface area contributed by atoms with Gasteiger partial charge in [0.2, 0.25) is 0 Å². The maximum absolute atomic E-state index is 12.7. The summed E-state index contributed by atoms with van der Waals surface area (Å²) in [7, 11) is 5.57. The lowest BCUT2D eigenvalue weighted by Gasteiger charge is -2.26. The number of nitrogen functional groups attached to an aromatic ring is 1. The summed E-state index contributed by atoms with van der Waals surface area (Å²) in [5.74, 6) is 1.03. The highest BCUT2D eigenvalue weighted by molar-refractivity contribution is 5.95. The molecule has 5 nitrogen and oxygen atoms in total. The van der Waals surface area contributed by atoms with Crippen molar-refractivity contribution in [2.75, 3.05) is 46.6 Å². The fourth-order valence-electron chi connectivity index (χ4n) is 2.09. The number of carbonyl (C=O) groups excluding carboxylic acids is 1. The summed E-state index contributed by atoms with van der Waals surface area (Å²) in [6, 6.07) is 5.19. The largest absolute Gasteiger partial charge is 0.495 e. The van der Waals surface area contributed by atoms with Crippen molar-refractivity contribution in [3.8, 4) is 5.75 Å². The lowest BCUT2D eigenvalue weighted by Crippen LogP contribution is -2.39. The standard InChI is InChI=1S/C16H27N3O2/c1-12(2)11-19(9-8-18(3)4)16(20)13-6-7-15(21-5)14(17)10-13/h6-7,10,12H,8-9,11,17H2,1-5H3. The monoisotopic (exact) mass is 293 g/mol. The van der Waals surface area contributed by atoms with Gasteiger partial charge in [-0.15, -0.1) is 0 Å². The van der Waals surface area contributed by atoms with Gasteiger partial charge in [-0.1, -0.05) is 13.8 Å². The first-order valence-electron chi connectivity index (χ1n) is 7.22. The third kappa shape index (κ3) is 5.27. The summed E-state index contributed by atoms with van der Waals surface area (Å²) in [5, 5.41) is 0. The van der Waals surface area contributed by atoms with E-state index >= 15 is 0 Å². The summed E-state index contributed by atoms with van der Waals surface area (Å²) >= 11 is 0. The van der Waals surface area contributed by atoms with Crippen LogP contribution in [0.5, 0.6) is 5.75 Å². The molecule has 21 heavy (non-hydrogen) atoms. The summed E-state index contributed by atoms with van der Waals surface area (Å²) in [4.78, 5) is 16.6. The van der Waals surface area contributed by atoms with Gasteiger partial charge in [-0.2, -0.15) is 0 Å². The van der Waals surface area contributed by atoms with Crippen molar-refractivity contribution in [2.45, 2.75) is 13.8 Å². The smallest absolute Gasteiger partial charge is 0.253 e. The number of nitrogens with two attached hydrogens (primary N) is 1. The molecule has 0 saturated heterocycles. The van der Waals surface area contributed by atoms with Crippen molar-refractivity contribution in [3.63, 3.8) is 0 Å². The topological polar surface area (TPSA) is 58.8 Å². The van der Waals surface area contributed by atoms with Crippen LogP contribution in [0.15, 0.2) is 18.2 Å². The number of hydrogen-bond donors (Lipinski definition) is 1. The number of anilines is 1. The van der Waals surface area contributed by atoms with Crippen LogP contribution < -0.4 is 10.5 Å². The number of amides is 1. The lowest BCUT2D eigenvalue weighted by atomic mass is 10.1. The Kier molecular flexibility index (Phi) is 6.49. The van der Waals surface area contributed by atoms with Crippen LogP contribution >= 0.6 is 0 Å². The molecule has 1 rings (SSSR count). The van der Waals surface area contributed by atoms with Crippen molar-refractivity contribution in [2.24, 2.45) is 5.92 Å². The second-order valence-corrected chi connectivity index (χ2v) is 5.91. The van der Waals surface area contributed by atoms with Crippen LogP contribution in [-0.2, 0) is 0 Å². The SMILES string of the molecule is COc1ccc(C(=O)N(CCN(C)C)CC(C)C)cc1N. The van der Waals surface area contributed by atoms with Crippen molar-refractivity contribution in [3.05, 3.63) is 23.8 Å². The molecule has 1 aromatic rings. The summed E-state index contributed by atoms with van der Waals surface area (Å²) in [5.41, 5.74) is 6.98. The molecule has 0 heterocycles. The zero-order valence-electron chi connectivity index (χ0n) is 13.7. The molecule has 118 valence electrons. The molecule has 0 aliphatic heterocycles. The maximum atomic E-state index is 12.7. The Labute approximate surface area is 127 Å². The Morgan fingerprint density at radius 2 is 1.95 bits per heavy atom. The molecule has 0 spiro atoms. The normalized spacial score (nSPS) is 11.0. The van der Waals surface area contributed by atoms with E-state index in [2.05, 4.69) is 18.7 Å². The molecule has 0 aliphatic carbocycles. The van der Waals surface area contributed by atoms with E-state index in [1.165, 1.54) is 0 Å². The Morgan fingerprint density at radius 1 is 1.29 bits per heavy atom. The van der Waals surface area contributed by atoms with E-state index in [0.717, 1.165) is 13.1 Å². The number of benzene rings is 1. The van der Waals surface area contributed by atoms with Gasteiger partial charge in [0.1, 0.15) is 5.75 Å². The Balaban J connectivity index is 2.90. The van der Waals surface area contributed by atoms with Crippen LogP contribution in [0.1, 0.15) is 24.2 Å². The maximum Gasteiger partial charge on any atom is 0.253 e. The first-order chi connectivity index (χ1) is 9.85. The van der Waals surface area contributed by atoms with Gasteiger partial charge in [0.25, 0.3) is 5.91 Å². The minimum Gasteiger partial charge on any atom is -0.495 e. The fraction of sp³-hybridized carbons (Fsp3) is 0.562. The van der Waals surface area contributed by atoms with E-state index in [9.17, 15) is 4.79 Å². The predicted molar refractivity (Wildman–Crippen MR) is 86.7 cm³/mol. The first kappa shape index (κ1) is 17.3. The Morgan fingerprint density at radius 3 is 2.43 bits per heavy atom. The molecule has 0 unspecified atom stereocenters. The van der Waals surface area contributed by atoms with Gasteiger partial charge < -0.3 is 20.3 Å². The van der Waals surface area contributed by atoms with Crippen LogP contribution in [-0.4, -0.2) is 56.5 Å². The second-order valence-electron chi connectivity index (χ2n) is 5.91. The predicted octanol–water partition coefficient (Wildman–Crippen LogP) is 1.94. The van der Waals surface area contributed by atoms with Gasteiger partial charge in [0, 0.05) is 25.2 Å². The quantitative estimate of drug-likeness (QED) is 0.781. The van der Waals surface area contributed by atoms with Crippen molar-refractivity contribution >= 4 is 11.6 Å². The van der Waals surface area contributed by atoms with Gasteiger partial charge in [0.05, 0.1) is 12.8 Å². The van der Waals surface area contributed by atoms with Gasteiger partial charge in [-0.3, -0.25) is 4.79 Å². The van der Waals surface area contributed by atoms with E-state index < -0.39 is 0 Å². The summed E-state index contributed by atoms with van der Waals surface area (Å²) in [6.45, 7) is 6.50. The average molecular weight is 293 g/mol.